The molecule has 0 bridgehead atoms. The number of carbonyl (C=O) groups is 3. The van der Waals surface area contributed by atoms with Gasteiger partial charge >= 0.3 is 12.1 Å². The highest BCUT2D eigenvalue weighted by Crippen LogP contribution is 2.48. The minimum absolute atomic E-state index is 0.269. The molecule has 0 heterocycles. The second-order valence-corrected chi connectivity index (χ2v) is 10.2. The van der Waals surface area contributed by atoms with Gasteiger partial charge in [-0.3, -0.25) is 9.69 Å². The average Bonchev–Trinajstić information content (AvgIpc) is 3.37. The molecule has 0 saturated carbocycles. The fourth-order valence-corrected chi connectivity index (χ4v) is 5.33. The van der Waals surface area contributed by atoms with E-state index in [2.05, 4.69) is 17.2 Å². The zero-order valence-electron chi connectivity index (χ0n) is 24.1. The first-order valence-electron chi connectivity index (χ1n) is 13.7. The second kappa shape index (κ2) is 12.2. The van der Waals surface area contributed by atoms with Gasteiger partial charge in [-0.15, -0.1) is 0 Å². The highest BCUT2D eigenvalue weighted by molar-refractivity contribution is 5.99. The summed E-state index contributed by atoms with van der Waals surface area (Å²) in [5.41, 5.74) is 9.96. The average molecular weight is 574 g/mol. The van der Waals surface area contributed by atoms with Crippen LogP contribution in [0.3, 0.4) is 0 Å². The Bertz CT molecular complexity index is 1690. The van der Waals surface area contributed by atoms with Crippen molar-refractivity contribution in [2.75, 3.05) is 14.2 Å². The largest absolute Gasteiger partial charge is 0.466 e. The number of nitrogens with two attached hydrogens (primary N) is 1. The molecule has 216 valence electrons. The van der Waals surface area contributed by atoms with Crippen molar-refractivity contribution in [1.82, 2.24) is 10.2 Å². The van der Waals surface area contributed by atoms with Gasteiger partial charge in [-0.1, -0.05) is 72.5 Å². The van der Waals surface area contributed by atoms with Crippen LogP contribution < -0.4 is 11.1 Å². The minimum atomic E-state index is -1.94. The van der Waals surface area contributed by atoms with Crippen LogP contribution in [0.15, 0.2) is 97.1 Å². The Morgan fingerprint density at radius 3 is 1.79 bits per heavy atom. The van der Waals surface area contributed by atoms with Crippen molar-refractivity contribution >= 4 is 18.0 Å². The number of nitrogens with one attached hydrogen (secondary N) is 1. The number of rotatable bonds is 6. The topological polar surface area (TPSA) is 111 Å². The summed E-state index contributed by atoms with van der Waals surface area (Å²) in [6.45, 7) is 1.90. The molecule has 3 N–H and O–H groups in total. The number of methoxy groups -OCH3 is 2. The highest BCUT2D eigenvalue weighted by atomic mass is 16.6. The molecule has 8 nitrogen and oxygen atoms in total. The van der Waals surface area contributed by atoms with Gasteiger partial charge in [0, 0.05) is 23.2 Å². The molecule has 1 aliphatic carbocycles. The zero-order chi connectivity index (χ0) is 30.6. The van der Waals surface area contributed by atoms with E-state index in [9.17, 15) is 14.4 Å². The summed E-state index contributed by atoms with van der Waals surface area (Å²) in [6, 6.07) is 28.8. The number of hydrogen-bond donors (Lipinski definition) is 2. The van der Waals surface area contributed by atoms with Crippen molar-refractivity contribution in [2.45, 2.75) is 25.2 Å². The molecule has 4 aromatic carbocycles. The predicted octanol–water partition coefficient (Wildman–Crippen LogP) is 5.00. The van der Waals surface area contributed by atoms with E-state index in [-0.39, 0.29) is 5.56 Å². The lowest BCUT2D eigenvalue weighted by Crippen LogP contribution is -2.66. The van der Waals surface area contributed by atoms with Crippen LogP contribution in [0.5, 0.6) is 0 Å². The first-order valence-corrected chi connectivity index (χ1v) is 13.7. The molecule has 4 aromatic rings. The van der Waals surface area contributed by atoms with Gasteiger partial charge in [-0.2, -0.15) is 0 Å². The number of nitrogens with zero attached hydrogens (tertiary/aromatic N) is 1. The first kappa shape index (κ1) is 29.1. The van der Waals surface area contributed by atoms with Crippen LogP contribution in [0.2, 0.25) is 0 Å². The maximum Gasteiger partial charge on any atom is 0.412 e. The first-order chi connectivity index (χ1) is 20.8. The van der Waals surface area contributed by atoms with Crippen LogP contribution in [0.25, 0.3) is 11.1 Å². The maximum absolute atomic E-state index is 13.6. The lowest BCUT2D eigenvalue weighted by atomic mass is 9.99. The van der Waals surface area contributed by atoms with Crippen molar-refractivity contribution < 1.29 is 23.9 Å². The third-order valence-corrected chi connectivity index (χ3v) is 7.54. The lowest BCUT2D eigenvalue weighted by molar-refractivity contribution is -0.156. The summed E-state index contributed by atoms with van der Waals surface area (Å²) in [5, 5.41) is 2.77. The maximum atomic E-state index is 13.6. The summed E-state index contributed by atoms with van der Waals surface area (Å²) >= 11 is 0. The monoisotopic (exact) mass is 573 g/mol. The third kappa shape index (κ3) is 5.59. The van der Waals surface area contributed by atoms with E-state index in [1.165, 1.54) is 26.0 Å². The molecule has 1 aliphatic rings. The van der Waals surface area contributed by atoms with Gasteiger partial charge in [-0.05, 0) is 71.1 Å². The Balaban J connectivity index is 1.47. The molecule has 0 radical (unpaired) electrons. The molecular weight excluding hydrogens is 542 g/mol. The Morgan fingerprint density at radius 1 is 0.791 bits per heavy atom. The molecule has 0 unspecified atom stereocenters. The number of hydrogen-bond acceptors (Lipinski definition) is 6. The lowest BCUT2D eigenvalue weighted by Gasteiger charge is -2.42. The smallest absolute Gasteiger partial charge is 0.412 e. The molecule has 0 fully saturated rings. The molecule has 0 aliphatic heterocycles. The quantitative estimate of drug-likeness (QED) is 0.191. The normalized spacial score (nSPS) is 12.9. The summed E-state index contributed by atoms with van der Waals surface area (Å²) in [6.07, 6.45) is -0.810. The van der Waals surface area contributed by atoms with Gasteiger partial charge < -0.3 is 20.5 Å². The van der Waals surface area contributed by atoms with E-state index in [1.54, 1.807) is 24.3 Å². The van der Waals surface area contributed by atoms with Crippen LogP contribution in [0.4, 0.5) is 4.79 Å². The van der Waals surface area contributed by atoms with E-state index < -0.39 is 29.7 Å². The predicted molar refractivity (Wildman–Crippen MR) is 163 cm³/mol. The van der Waals surface area contributed by atoms with Gasteiger partial charge in [0.1, 0.15) is 0 Å². The van der Waals surface area contributed by atoms with E-state index in [0.29, 0.717) is 12.1 Å². The molecule has 0 spiro atoms. The van der Waals surface area contributed by atoms with E-state index >= 15 is 0 Å². The molecular formula is C35H31N3O5. The summed E-state index contributed by atoms with van der Waals surface area (Å²) < 4.78 is 10.3. The van der Waals surface area contributed by atoms with Crippen LogP contribution in [0, 0.1) is 11.8 Å². The fourth-order valence-electron chi connectivity index (χ4n) is 5.33. The Hall–Kier alpha value is -5.39. The van der Waals surface area contributed by atoms with Crippen molar-refractivity contribution in [3.05, 3.63) is 130 Å². The van der Waals surface area contributed by atoms with Gasteiger partial charge in [0.05, 0.1) is 20.3 Å². The minimum Gasteiger partial charge on any atom is -0.466 e. The fraction of sp³-hybridized carbons (Fsp3) is 0.171. The number of esters is 1. The number of amides is 2. The molecule has 0 saturated heterocycles. The summed E-state index contributed by atoms with van der Waals surface area (Å²) in [5.74, 6) is 4.75. The molecule has 43 heavy (non-hydrogen) atoms. The van der Waals surface area contributed by atoms with Crippen molar-refractivity contribution in [2.24, 2.45) is 5.73 Å². The number of fused-ring (bicyclic) bond motifs is 3. The van der Waals surface area contributed by atoms with Crippen molar-refractivity contribution in [3.8, 4) is 23.0 Å². The Labute approximate surface area is 250 Å². The van der Waals surface area contributed by atoms with Crippen molar-refractivity contribution in [3.63, 3.8) is 0 Å². The van der Waals surface area contributed by atoms with Crippen LogP contribution in [0.1, 0.15) is 51.1 Å². The summed E-state index contributed by atoms with van der Waals surface area (Å²) in [7, 11) is 2.43. The Morgan fingerprint density at radius 2 is 1.30 bits per heavy atom. The molecule has 8 heteroatoms. The number of benzene rings is 4. The van der Waals surface area contributed by atoms with Crippen LogP contribution >= 0.6 is 0 Å². The van der Waals surface area contributed by atoms with Gasteiger partial charge in [0.25, 0.3) is 5.91 Å². The van der Waals surface area contributed by atoms with Gasteiger partial charge in [-0.25, -0.2) is 9.59 Å². The Kier molecular flexibility index (Phi) is 8.28. The van der Waals surface area contributed by atoms with Gasteiger partial charge in [0.2, 0.25) is 5.66 Å². The third-order valence-electron chi connectivity index (χ3n) is 7.54. The molecule has 0 aromatic heterocycles. The second-order valence-electron chi connectivity index (χ2n) is 10.2. The van der Waals surface area contributed by atoms with E-state index in [4.69, 9.17) is 15.2 Å². The molecule has 1 atom stereocenters. The van der Waals surface area contributed by atoms with E-state index in [0.717, 1.165) is 33.4 Å². The number of carbonyl (C=O) groups excluding carboxylic acids is 3. The van der Waals surface area contributed by atoms with Gasteiger partial charge in [0.15, 0.2) is 0 Å². The van der Waals surface area contributed by atoms with Crippen molar-refractivity contribution in [1.29, 1.82) is 0 Å². The molecule has 2 amide bonds. The highest BCUT2D eigenvalue weighted by Gasteiger charge is 2.51. The van der Waals surface area contributed by atoms with Crippen LogP contribution in [-0.2, 0) is 20.8 Å². The van der Waals surface area contributed by atoms with E-state index in [1.807, 2.05) is 72.8 Å². The number of ether oxygens (including phenoxy) is 2. The molecule has 5 rings (SSSR count). The standard InChI is InChI=1S/C35H31N3O5/c1-35(33(40)42-2,37-32(39)26-20-18-24(19-21-26)13-12-23-14-16-25(22-36)17-15-23)38(34(41)43-3)31-29-10-6-4-8-27(29)28-9-5-7-11-30(28)31/h4-11,14-21,31H,22,36H2,1-3H3,(H,37,39)/t35-/m0/s1. The zero-order valence-corrected chi connectivity index (χ0v) is 24.1. The van der Waals surface area contributed by atoms with Crippen LogP contribution in [-0.4, -0.2) is 42.8 Å². The summed E-state index contributed by atoms with van der Waals surface area (Å²) in [4.78, 5) is 41.8. The SMILES string of the molecule is COC(=O)N(C1c2ccccc2-c2ccccc21)[C@](C)(NC(=O)c1ccc(C#Cc2ccc(CN)cc2)cc1)C(=O)OC.